The molecule has 0 saturated carbocycles. The SMILES string of the molecule is CNC(CC(O)COc1ccc(-c2nc3ncc(Br)cc3[nH]2)cc1)C(=O)N(C)C. The van der Waals surface area contributed by atoms with Crippen molar-refractivity contribution in [1.29, 1.82) is 0 Å². The molecule has 154 valence electrons. The maximum Gasteiger partial charge on any atom is 0.239 e. The standard InChI is InChI=1S/C20H24BrN5O3/c1-22-17(20(28)26(2)3)9-14(27)11-29-15-6-4-12(5-7-15)18-24-16-8-13(21)10-23-19(16)25-18/h4-8,10,14,17,22,27H,9,11H2,1-3H3,(H,23,24,25). The van der Waals surface area contributed by atoms with Gasteiger partial charge in [-0.05, 0) is 53.3 Å². The van der Waals surface area contributed by atoms with Crippen LogP contribution in [0.15, 0.2) is 41.0 Å². The van der Waals surface area contributed by atoms with E-state index in [0.29, 0.717) is 11.4 Å². The molecule has 0 aliphatic rings. The Kier molecular flexibility index (Phi) is 6.83. The van der Waals surface area contributed by atoms with Gasteiger partial charge in [-0.15, -0.1) is 0 Å². The number of ether oxygens (including phenoxy) is 1. The zero-order chi connectivity index (χ0) is 21.0. The minimum atomic E-state index is -0.768. The third kappa shape index (κ3) is 5.31. The monoisotopic (exact) mass is 461 g/mol. The van der Waals surface area contributed by atoms with Crippen molar-refractivity contribution < 1.29 is 14.6 Å². The number of halogens is 1. The fourth-order valence-corrected chi connectivity index (χ4v) is 3.24. The summed E-state index contributed by atoms with van der Waals surface area (Å²) in [4.78, 5) is 25.5. The largest absolute Gasteiger partial charge is 0.491 e. The van der Waals surface area contributed by atoms with E-state index in [9.17, 15) is 9.90 Å². The molecule has 0 saturated heterocycles. The Morgan fingerprint density at radius 3 is 2.72 bits per heavy atom. The van der Waals surface area contributed by atoms with Crippen LogP contribution in [0, 0.1) is 0 Å². The summed E-state index contributed by atoms with van der Waals surface area (Å²) in [7, 11) is 5.08. The van der Waals surface area contributed by atoms with Gasteiger partial charge in [0, 0.05) is 36.7 Å². The number of hydrogen-bond donors (Lipinski definition) is 3. The molecule has 9 heteroatoms. The van der Waals surface area contributed by atoms with Gasteiger partial charge >= 0.3 is 0 Å². The summed E-state index contributed by atoms with van der Waals surface area (Å²) in [5, 5.41) is 13.1. The Hall–Kier alpha value is -2.49. The van der Waals surface area contributed by atoms with E-state index in [0.717, 1.165) is 21.4 Å². The topological polar surface area (TPSA) is 103 Å². The quantitative estimate of drug-likeness (QED) is 0.474. The number of pyridine rings is 1. The van der Waals surface area contributed by atoms with Gasteiger partial charge in [0.2, 0.25) is 5.91 Å². The van der Waals surface area contributed by atoms with E-state index in [1.54, 1.807) is 27.3 Å². The number of rotatable bonds is 8. The summed E-state index contributed by atoms with van der Waals surface area (Å²) in [5.74, 6) is 1.27. The van der Waals surface area contributed by atoms with Gasteiger partial charge in [0.05, 0.1) is 17.7 Å². The zero-order valence-electron chi connectivity index (χ0n) is 16.5. The zero-order valence-corrected chi connectivity index (χ0v) is 18.1. The maximum absolute atomic E-state index is 12.0. The van der Waals surface area contributed by atoms with Crippen molar-refractivity contribution in [2.24, 2.45) is 0 Å². The van der Waals surface area contributed by atoms with Crippen LogP contribution in [0.2, 0.25) is 0 Å². The number of carbonyl (C=O) groups is 1. The van der Waals surface area contributed by atoms with Crippen LogP contribution in [0.4, 0.5) is 0 Å². The minimum Gasteiger partial charge on any atom is -0.491 e. The summed E-state index contributed by atoms with van der Waals surface area (Å²) in [6.45, 7) is 0.0980. The number of aliphatic hydroxyl groups is 1. The van der Waals surface area contributed by atoms with Crippen molar-refractivity contribution in [2.45, 2.75) is 18.6 Å². The normalized spacial score (nSPS) is 13.3. The van der Waals surface area contributed by atoms with Crippen molar-refractivity contribution in [2.75, 3.05) is 27.7 Å². The molecule has 3 aromatic rings. The molecule has 3 N–H and O–H groups in total. The van der Waals surface area contributed by atoms with E-state index in [1.165, 1.54) is 4.90 Å². The van der Waals surface area contributed by atoms with E-state index in [1.807, 2.05) is 30.3 Å². The molecule has 2 atom stereocenters. The molecule has 0 radical (unpaired) electrons. The Morgan fingerprint density at radius 1 is 1.34 bits per heavy atom. The molecular formula is C20H24BrN5O3. The lowest BCUT2D eigenvalue weighted by Gasteiger charge is -2.22. The van der Waals surface area contributed by atoms with Crippen molar-refractivity contribution in [3.8, 4) is 17.1 Å². The third-order valence-corrected chi connectivity index (χ3v) is 4.90. The highest BCUT2D eigenvalue weighted by Gasteiger charge is 2.22. The molecule has 2 unspecified atom stereocenters. The Balaban J connectivity index is 1.59. The second-order valence-electron chi connectivity index (χ2n) is 6.91. The van der Waals surface area contributed by atoms with Crippen LogP contribution < -0.4 is 10.1 Å². The van der Waals surface area contributed by atoms with Gasteiger partial charge in [-0.25, -0.2) is 9.97 Å². The van der Waals surface area contributed by atoms with E-state index >= 15 is 0 Å². The maximum atomic E-state index is 12.0. The second-order valence-corrected chi connectivity index (χ2v) is 7.82. The molecule has 0 aliphatic heterocycles. The highest BCUT2D eigenvalue weighted by Crippen LogP contribution is 2.23. The molecule has 1 amide bonds. The predicted octanol–water partition coefficient (Wildman–Crippen LogP) is 2.19. The van der Waals surface area contributed by atoms with Gasteiger partial charge in [-0.3, -0.25) is 4.79 Å². The molecule has 2 aromatic heterocycles. The predicted molar refractivity (Wildman–Crippen MR) is 115 cm³/mol. The Labute approximate surface area is 177 Å². The molecule has 1 aromatic carbocycles. The first-order valence-corrected chi connectivity index (χ1v) is 9.97. The highest BCUT2D eigenvalue weighted by molar-refractivity contribution is 9.10. The highest BCUT2D eigenvalue weighted by atomic mass is 79.9. The molecule has 2 heterocycles. The molecule has 0 fully saturated rings. The average molecular weight is 462 g/mol. The number of imidazole rings is 1. The number of benzene rings is 1. The van der Waals surface area contributed by atoms with Crippen LogP contribution >= 0.6 is 15.9 Å². The number of hydrogen-bond acceptors (Lipinski definition) is 6. The number of aromatic amines is 1. The van der Waals surface area contributed by atoms with Crippen LogP contribution in [-0.4, -0.2) is 70.8 Å². The molecule has 0 aliphatic carbocycles. The van der Waals surface area contributed by atoms with Crippen LogP contribution in [0.5, 0.6) is 5.75 Å². The first-order chi connectivity index (χ1) is 13.9. The number of likely N-dealkylation sites (N-methyl/N-ethyl adjacent to an activating group) is 2. The Morgan fingerprint density at radius 2 is 2.07 bits per heavy atom. The first kappa shape index (κ1) is 21.2. The summed E-state index contributed by atoms with van der Waals surface area (Å²) in [5.41, 5.74) is 2.40. The summed E-state index contributed by atoms with van der Waals surface area (Å²) in [6, 6.07) is 8.89. The molecular weight excluding hydrogens is 438 g/mol. The minimum absolute atomic E-state index is 0.0803. The van der Waals surface area contributed by atoms with Crippen molar-refractivity contribution in [1.82, 2.24) is 25.2 Å². The Bertz CT molecular complexity index is 974. The lowest BCUT2D eigenvalue weighted by atomic mass is 10.1. The summed E-state index contributed by atoms with van der Waals surface area (Å²) < 4.78 is 6.55. The van der Waals surface area contributed by atoms with Crippen LogP contribution in [0.3, 0.4) is 0 Å². The lowest BCUT2D eigenvalue weighted by molar-refractivity contribution is -0.131. The van der Waals surface area contributed by atoms with Crippen LogP contribution in [0.25, 0.3) is 22.6 Å². The fraction of sp³-hybridized carbons (Fsp3) is 0.350. The molecule has 0 bridgehead atoms. The number of nitrogens with zero attached hydrogens (tertiary/aromatic N) is 3. The van der Waals surface area contributed by atoms with E-state index in [2.05, 4.69) is 36.2 Å². The molecule has 8 nitrogen and oxygen atoms in total. The average Bonchev–Trinajstić information content (AvgIpc) is 3.13. The summed E-state index contributed by atoms with van der Waals surface area (Å²) in [6.07, 6.45) is 1.21. The fourth-order valence-electron chi connectivity index (χ4n) is 2.91. The van der Waals surface area contributed by atoms with Gasteiger partial charge in [0.1, 0.15) is 18.2 Å². The van der Waals surface area contributed by atoms with Crippen molar-refractivity contribution in [3.63, 3.8) is 0 Å². The number of carbonyl (C=O) groups excluding carboxylic acids is 1. The third-order valence-electron chi connectivity index (χ3n) is 4.47. The van der Waals surface area contributed by atoms with Gasteiger partial charge in [0.15, 0.2) is 5.65 Å². The summed E-state index contributed by atoms with van der Waals surface area (Å²) >= 11 is 3.40. The number of nitrogens with one attached hydrogen (secondary N) is 2. The smallest absolute Gasteiger partial charge is 0.239 e. The van der Waals surface area contributed by atoms with E-state index in [-0.39, 0.29) is 18.9 Å². The molecule has 0 spiro atoms. The van der Waals surface area contributed by atoms with E-state index in [4.69, 9.17) is 4.74 Å². The first-order valence-electron chi connectivity index (χ1n) is 9.18. The second kappa shape index (κ2) is 9.34. The number of fused-ring (bicyclic) bond motifs is 1. The van der Waals surface area contributed by atoms with Crippen LogP contribution in [0.1, 0.15) is 6.42 Å². The van der Waals surface area contributed by atoms with Gasteiger partial charge in [-0.2, -0.15) is 0 Å². The van der Waals surface area contributed by atoms with Crippen molar-refractivity contribution in [3.05, 3.63) is 41.0 Å². The van der Waals surface area contributed by atoms with Crippen LogP contribution in [-0.2, 0) is 4.79 Å². The number of aromatic nitrogens is 3. The van der Waals surface area contributed by atoms with Gasteiger partial charge < -0.3 is 25.0 Å². The van der Waals surface area contributed by atoms with Crippen molar-refractivity contribution >= 4 is 33.0 Å². The number of H-pyrrole nitrogens is 1. The lowest BCUT2D eigenvalue weighted by Crippen LogP contribution is -2.44. The van der Waals surface area contributed by atoms with Gasteiger partial charge in [-0.1, -0.05) is 0 Å². The van der Waals surface area contributed by atoms with Gasteiger partial charge in [0.25, 0.3) is 0 Å². The number of aliphatic hydroxyl groups excluding tert-OH is 1. The van der Waals surface area contributed by atoms with E-state index < -0.39 is 12.1 Å². The number of amides is 1. The molecule has 29 heavy (non-hydrogen) atoms. The molecule has 3 rings (SSSR count).